The highest BCUT2D eigenvalue weighted by atomic mass is 16.5. The van der Waals surface area contributed by atoms with E-state index in [9.17, 15) is 29.7 Å². The monoisotopic (exact) mass is 821 g/mol. The summed E-state index contributed by atoms with van der Waals surface area (Å²) in [6, 6.07) is 12.7. The molecule has 16 heteroatoms. The summed E-state index contributed by atoms with van der Waals surface area (Å²) in [6.45, 7) is 13.2. The van der Waals surface area contributed by atoms with Gasteiger partial charge in [-0.15, -0.1) is 0 Å². The van der Waals surface area contributed by atoms with Gasteiger partial charge in [-0.2, -0.15) is 15.2 Å². The van der Waals surface area contributed by atoms with Crippen molar-refractivity contribution in [3.8, 4) is 17.9 Å². The van der Waals surface area contributed by atoms with E-state index in [4.69, 9.17) is 10.6 Å². The third-order valence-electron chi connectivity index (χ3n) is 13.4. The van der Waals surface area contributed by atoms with Gasteiger partial charge in [-0.05, 0) is 129 Å². The fourth-order valence-electron chi connectivity index (χ4n) is 10.1. The van der Waals surface area contributed by atoms with E-state index in [0.717, 1.165) is 86.3 Å². The Hall–Kier alpha value is -5.58. The van der Waals surface area contributed by atoms with Crippen LogP contribution < -0.4 is 53.5 Å². The lowest BCUT2D eigenvalue weighted by Gasteiger charge is -2.33. The highest BCUT2D eigenvalue weighted by Gasteiger charge is 2.41. The Labute approximate surface area is 349 Å². The van der Waals surface area contributed by atoms with Gasteiger partial charge < -0.3 is 31.0 Å². The zero-order valence-electron chi connectivity index (χ0n) is 36.1. The van der Waals surface area contributed by atoms with E-state index < -0.39 is 22.1 Å². The summed E-state index contributed by atoms with van der Waals surface area (Å²) in [5.41, 5.74) is 1.54. The molecule has 0 radical (unpaired) electrons. The van der Waals surface area contributed by atoms with Gasteiger partial charge in [0.05, 0.1) is 52.1 Å². The van der Waals surface area contributed by atoms with Crippen LogP contribution in [0, 0.1) is 52.3 Å². The lowest BCUT2D eigenvalue weighted by atomic mass is 9.78. The Bertz CT molecular complexity index is 2640. The molecule has 2 aliphatic heterocycles. The van der Waals surface area contributed by atoms with Crippen molar-refractivity contribution in [3.05, 3.63) is 71.5 Å². The molecule has 4 atom stereocenters. The first-order chi connectivity index (χ1) is 28.5. The Morgan fingerprint density at radius 2 is 1.27 bits per heavy atom. The molecule has 4 heterocycles. The molecule has 4 aromatic rings. The number of hydrogen-bond acceptors (Lipinski definition) is 12. The molecule has 0 spiro atoms. The molecule has 60 heavy (non-hydrogen) atoms. The molecule has 16 nitrogen and oxygen atoms in total. The normalized spacial score (nSPS) is 20.4. The molecular weight excluding hydrogens is 763 g/mol. The van der Waals surface area contributed by atoms with Gasteiger partial charge in [-0.1, -0.05) is 0 Å². The van der Waals surface area contributed by atoms with Crippen LogP contribution >= 0.6 is 0 Å². The number of hydrogen-bond donors (Lipinski definition) is 4. The van der Waals surface area contributed by atoms with Crippen LogP contribution in [-0.2, 0) is 0 Å². The van der Waals surface area contributed by atoms with Gasteiger partial charge in [0.25, 0.3) is 11.1 Å². The van der Waals surface area contributed by atoms with E-state index >= 15 is 0 Å². The number of aryl methyl sites for hydroxylation is 1. The van der Waals surface area contributed by atoms with Crippen molar-refractivity contribution in [1.29, 1.82) is 10.5 Å². The van der Waals surface area contributed by atoms with Crippen molar-refractivity contribution in [3.63, 3.8) is 0 Å². The molecule has 8 rings (SSSR count). The van der Waals surface area contributed by atoms with E-state index in [-0.39, 0.29) is 35.4 Å². The van der Waals surface area contributed by atoms with Crippen LogP contribution in [0.3, 0.4) is 0 Å². The maximum Gasteiger partial charge on any atom is 0.350 e. The first kappa shape index (κ1) is 42.5. The molecular formula is C44H59N11O5. The second-order valence-corrected chi connectivity index (χ2v) is 18.2. The minimum absolute atomic E-state index is 0.0615. The van der Waals surface area contributed by atoms with Crippen LogP contribution in [0.15, 0.2) is 43.4 Å². The van der Waals surface area contributed by atoms with Crippen LogP contribution in [0.2, 0.25) is 0 Å². The quantitative estimate of drug-likeness (QED) is 0.160. The number of nitrogens with one attached hydrogen (secondary N) is 3. The van der Waals surface area contributed by atoms with E-state index in [1.54, 1.807) is 28.4 Å². The Morgan fingerprint density at radius 1 is 0.767 bits per heavy atom. The van der Waals surface area contributed by atoms with Crippen molar-refractivity contribution in [1.82, 2.24) is 29.4 Å². The van der Waals surface area contributed by atoms with E-state index in [1.165, 1.54) is 0 Å². The number of benzene rings is 2. The number of fused-ring (bicyclic) bond motifs is 2. The summed E-state index contributed by atoms with van der Waals surface area (Å²) in [7, 11) is 5.41. The molecule has 320 valence electrons. The van der Waals surface area contributed by atoms with Crippen LogP contribution in [-0.4, -0.2) is 78.3 Å². The topological polar surface area (TPSA) is 212 Å². The fourth-order valence-corrected chi connectivity index (χ4v) is 10.1. The van der Waals surface area contributed by atoms with E-state index in [1.807, 2.05) is 60.8 Å². The molecule has 5 N–H and O–H groups in total. The number of H-pyrrole nitrogens is 1. The summed E-state index contributed by atoms with van der Waals surface area (Å²) >= 11 is 0. The zero-order valence-corrected chi connectivity index (χ0v) is 36.1. The maximum atomic E-state index is 12.7. The van der Waals surface area contributed by atoms with Crippen LogP contribution in [0.1, 0.15) is 83.9 Å². The second kappa shape index (κ2) is 16.1. The van der Waals surface area contributed by atoms with Gasteiger partial charge in [0.1, 0.15) is 5.52 Å². The van der Waals surface area contributed by atoms with E-state index in [0.29, 0.717) is 39.4 Å². The van der Waals surface area contributed by atoms with Crippen LogP contribution in [0.4, 0.5) is 11.4 Å². The van der Waals surface area contributed by atoms with Crippen molar-refractivity contribution in [2.75, 3.05) is 63.0 Å². The number of rotatable bonds is 11. The summed E-state index contributed by atoms with van der Waals surface area (Å²) in [4.78, 5) is 57.4. The zero-order chi connectivity index (χ0) is 43.4. The molecule has 0 bridgehead atoms. The Morgan fingerprint density at radius 3 is 1.77 bits per heavy atom. The van der Waals surface area contributed by atoms with Crippen molar-refractivity contribution >= 4 is 33.2 Å². The van der Waals surface area contributed by atoms with E-state index in [2.05, 4.69) is 37.6 Å². The average Bonchev–Trinajstić information content (AvgIpc) is 4.15. The second-order valence-electron chi connectivity index (χ2n) is 18.2. The van der Waals surface area contributed by atoms with Gasteiger partial charge in [0.15, 0.2) is 5.75 Å². The summed E-state index contributed by atoms with van der Waals surface area (Å²) in [5, 5.41) is 26.8. The van der Waals surface area contributed by atoms with Gasteiger partial charge in [0, 0.05) is 56.0 Å². The molecule has 0 amide bonds. The largest absolute Gasteiger partial charge is 0.492 e. The number of nitriles is 2. The summed E-state index contributed by atoms with van der Waals surface area (Å²) in [6.07, 6.45) is 5.63. The summed E-state index contributed by atoms with van der Waals surface area (Å²) in [5.74, 6) is 6.98. The van der Waals surface area contributed by atoms with Gasteiger partial charge in [-0.25, -0.2) is 9.59 Å². The highest BCUT2D eigenvalue weighted by molar-refractivity contribution is 5.91. The number of aromatic nitrogens is 4. The van der Waals surface area contributed by atoms with Gasteiger partial charge >= 0.3 is 11.4 Å². The molecule has 2 aromatic heterocycles. The molecule has 2 aliphatic carbocycles. The van der Waals surface area contributed by atoms with Crippen LogP contribution in [0.25, 0.3) is 21.8 Å². The first-order valence-corrected chi connectivity index (χ1v) is 21.1. The standard InChI is InChI=1S/C22H30N6O2.C22H29N5O3/c1-13-17(26-10-9-14(11-26)19(25-4)22(2,3)12-23)8-7-16-18(13)27(15-5-6-15)21(30)28(24)20(16)29;1-22(2,12-23)19(24-3)13-9-10-26(11-13)16-8-7-15-17(18(16)30-4)27(14-5-6-14)21(29)25-20(15)28/h7-8,14-15,19,25H,5-6,9-11,24H2,1-4H3;7-8,13-14,19,24H,5-6,9-11H2,1-4H3,(H,25,28,29). The third-order valence-corrected chi connectivity index (χ3v) is 13.4. The summed E-state index contributed by atoms with van der Waals surface area (Å²) < 4.78 is 9.91. The molecule has 2 saturated carbocycles. The number of nitrogens with zero attached hydrogens (tertiary/aromatic N) is 7. The molecule has 4 unspecified atom stereocenters. The predicted octanol–water partition coefficient (Wildman–Crippen LogP) is 3.48. The SMILES string of the molecule is CNC(C1CCN(c2ccc3c(=O)[nH]c(=O)n(C4CC4)c3c2OC)C1)C(C)(C)C#N.CNC(C1CCN(c2ccc3c(=O)n(N)c(=O)n(C4CC4)c3c2C)C1)C(C)(C)C#N. The smallest absolute Gasteiger partial charge is 0.350 e. The predicted molar refractivity (Wildman–Crippen MR) is 234 cm³/mol. The highest BCUT2D eigenvalue weighted by Crippen LogP contribution is 2.43. The van der Waals surface area contributed by atoms with Crippen molar-refractivity contribution < 1.29 is 4.74 Å². The van der Waals surface area contributed by atoms with Gasteiger partial charge in [-0.3, -0.25) is 23.7 Å². The molecule has 2 saturated heterocycles. The Kier molecular flexibility index (Phi) is 11.4. The van der Waals surface area contributed by atoms with Crippen molar-refractivity contribution in [2.24, 2.45) is 22.7 Å². The fraction of sp³-hybridized carbons (Fsp3) is 0.591. The van der Waals surface area contributed by atoms with Crippen molar-refractivity contribution in [2.45, 2.75) is 97.3 Å². The van der Waals surface area contributed by atoms with Gasteiger partial charge in [0.2, 0.25) is 0 Å². The lowest BCUT2D eigenvalue weighted by molar-refractivity contribution is 0.253. The minimum atomic E-state index is -0.483. The Balaban J connectivity index is 0.000000181. The average molecular weight is 822 g/mol. The molecule has 4 fully saturated rings. The lowest BCUT2D eigenvalue weighted by Crippen LogP contribution is -2.46. The molecule has 2 aromatic carbocycles. The molecule has 4 aliphatic rings. The number of methoxy groups -OCH3 is 1. The minimum Gasteiger partial charge on any atom is -0.492 e. The maximum absolute atomic E-state index is 12.7. The van der Waals surface area contributed by atoms with Crippen LogP contribution in [0.5, 0.6) is 5.75 Å². The first-order valence-electron chi connectivity index (χ1n) is 21.1. The number of aromatic amines is 1. The number of anilines is 2. The third kappa shape index (κ3) is 7.45. The number of nitrogens with two attached hydrogens (primary N) is 1. The number of ether oxygens (including phenoxy) is 1. The number of nitrogen functional groups attached to an aromatic ring is 1.